The molecule has 3 nitrogen and oxygen atoms in total. The molecule has 0 atom stereocenters. The molecule has 322 valence electrons. The Hall–Kier alpha value is -9.18. The summed E-state index contributed by atoms with van der Waals surface area (Å²) in [5.74, 6) is 0. The zero-order valence-electron chi connectivity index (χ0n) is 37.6. The highest BCUT2D eigenvalue weighted by Crippen LogP contribution is 2.47. The first kappa shape index (κ1) is 39.0. The molecular formula is C66H42N2O. The number of hydrogen-bond donors (Lipinski definition) is 0. The van der Waals surface area contributed by atoms with Crippen LogP contribution in [0.3, 0.4) is 0 Å². The van der Waals surface area contributed by atoms with Gasteiger partial charge in [0.15, 0.2) is 0 Å². The Morgan fingerprint density at radius 3 is 1.72 bits per heavy atom. The van der Waals surface area contributed by atoms with Crippen molar-refractivity contribution in [1.82, 2.24) is 4.57 Å². The Bertz CT molecular complexity index is 4280. The molecule has 0 bridgehead atoms. The van der Waals surface area contributed by atoms with Crippen molar-refractivity contribution in [2.24, 2.45) is 0 Å². The van der Waals surface area contributed by atoms with Gasteiger partial charge in [0.25, 0.3) is 0 Å². The van der Waals surface area contributed by atoms with Crippen LogP contribution in [0.25, 0.3) is 115 Å². The highest BCUT2D eigenvalue weighted by Gasteiger charge is 2.22. The summed E-state index contributed by atoms with van der Waals surface area (Å²) in [4.78, 5) is 2.40. The molecule has 14 rings (SSSR count). The number of aromatic nitrogens is 1. The van der Waals surface area contributed by atoms with Crippen LogP contribution in [0.15, 0.2) is 259 Å². The normalized spacial score (nSPS) is 11.8. The molecule has 0 amide bonds. The van der Waals surface area contributed by atoms with Crippen molar-refractivity contribution in [3.8, 4) is 39.1 Å². The molecule has 0 fully saturated rings. The number of nitrogens with zero attached hydrogens (tertiary/aromatic N) is 2. The standard InChI is InChI=1S/C66H42N2O/c1-3-15-44(16-4-1)53-25-14-28-63-65(53)57-39-33-46-18-13-27-62(64(46)66(57)69-63)67(51-37-31-45(32-38-51)58-42-48-17-7-8-21-52(48)54-22-9-10-23-55(54)58)50-35-29-43(30-36-50)47-34-40-61-59(41-47)56-24-11-12-26-60(56)68(61)49-19-5-2-6-20-49/h1-42H. The van der Waals surface area contributed by atoms with Gasteiger partial charge in [-0.15, -0.1) is 0 Å². The van der Waals surface area contributed by atoms with E-state index < -0.39 is 0 Å². The van der Waals surface area contributed by atoms with E-state index >= 15 is 0 Å². The van der Waals surface area contributed by atoms with Gasteiger partial charge < -0.3 is 13.9 Å². The van der Waals surface area contributed by atoms with Gasteiger partial charge in [0.05, 0.1) is 16.7 Å². The third-order valence-electron chi connectivity index (χ3n) is 14.2. The summed E-state index contributed by atoms with van der Waals surface area (Å²) >= 11 is 0. The van der Waals surface area contributed by atoms with Crippen molar-refractivity contribution in [1.29, 1.82) is 0 Å². The first-order valence-electron chi connectivity index (χ1n) is 23.7. The first-order valence-corrected chi connectivity index (χ1v) is 23.7. The van der Waals surface area contributed by atoms with Gasteiger partial charge >= 0.3 is 0 Å². The molecule has 0 N–H and O–H groups in total. The lowest BCUT2D eigenvalue weighted by Crippen LogP contribution is -2.10. The van der Waals surface area contributed by atoms with Crippen molar-refractivity contribution in [3.63, 3.8) is 0 Å². The van der Waals surface area contributed by atoms with Crippen molar-refractivity contribution in [3.05, 3.63) is 255 Å². The van der Waals surface area contributed by atoms with Crippen LogP contribution in [0.2, 0.25) is 0 Å². The van der Waals surface area contributed by atoms with Crippen LogP contribution in [-0.2, 0) is 0 Å². The predicted octanol–water partition coefficient (Wildman–Crippen LogP) is 18.6. The molecule has 3 heteroatoms. The molecule has 0 radical (unpaired) electrons. The van der Waals surface area contributed by atoms with E-state index in [0.29, 0.717) is 0 Å². The van der Waals surface area contributed by atoms with Crippen LogP contribution in [0.5, 0.6) is 0 Å². The summed E-state index contributed by atoms with van der Waals surface area (Å²) in [6, 6.07) is 92.3. The quantitative estimate of drug-likeness (QED) is 0.149. The van der Waals surface area contributed by atoms with E-state index in [1.807, 2.05) is 0 Å². The molecule has 0 saturated heterocycles. The summed E-state index contributed by atoms with van der Waals surface area (Å²) in [5.41, 5.74) is 15.5. The second-order valence-corrected chi connectivity index (χ2v) is 18.0. The van der Waals surface area contributed by atoms with Gasteiger partial charge in [-0.25, -0.2) is 0 Å². The van der Waals surface area contributed by atoms with Crippen molar-refractivity contribution in [2.75, 3.05) is 4.90 Å². The molecule has 2 heterocycles. The maximum absolute atomic E-state index is 6.99. The van der Waals surface area contributed by atoms with Crippen LogP contribution < -0.4 is 4.90 Å². The average molecular weight is 879 g/mol. The maximum Gasteiger partial charge on any atom is 0.145 e. The topological polar surface area (TPSA) is 21.3 Å². The van der Waals surface area contributed by atoms with Crippen molar-refractivity contribution >= 4 is 93.1 Å². The van der Waals surface area contributed by atoms with E-state index in [-0.39, 0.29) is 0 Å². The molecule has 2 aromatic heterocycles. The van der Waals surface area contributed by atoms with Gasteiger partial charge in [-0.1, -0.05) is 176 Å². The first-order chi connectivity index (χ1) is 34.2. The van der Waals surface area contributed by atoms with E-state index in [0.717, 1.165) is 66.6 Å². The van der Waals surface area contributed by atoms with Crippen LogP contribution in [0, 0.1) is 0 Å². The van der Waals surface area contributed by atoms with Crippen molar-refractivity contribution < 1.29 is 4.42 Å². The number of rotatable bonds is 7. The molecule has 14 aromatic rings. The Labute approximate surface area is 399 Å². The molecule has 0 aliphatic carbocycles. The minimum Gasteiger partial charge on any atom is -0.455 e. The number of anilines is 3. The van der Waals surface area contributed by atoms with E-state index in [4.69, 9.17) is 4.42 Å². The zero-order valence-corrected chi connectivity index (χ0v) is 37.6. The SMILES string of the molecule is c1ccc(-c2cccc3oc4c(ccc5cccc(N(c6ccc(-c7ccc8c(c7)c7ccccc7n8-c7ccccc7)cc6)c6ccc(-c7cc8ccccc8c8ccccc78)cc6)c54)c23)cc1. The van der Waals surface area contributed by atoms with Gasteiger partial charge in [0.1, 0.15) is 11.2 Å². The third kappa shape index (κ3) is 6.29. The lowest BCUT2D eigenvalue weighted by atomic mass is 9.93. The van der Waals surface area contributed by atoms with E-state index in [1.165, 1.54) is 65.6 Å². The zero-order chi connectivity index (χ0) is 45.4. The third-order valence-corrected chi connectivity index (χ3v) is 14.2. The summed E-state index contributed by atoms with van der Waals surface area (Å²) in [5, 5.41) is 11.9. The molecule has 0 aliphatic rings. The fourth-order valence-electron chi connectivity index (χ4n) is 11.0. The summed E-state index contributed by atoms with van der Waals surface area (Å²) in [6.45, 7) is 0. The van der Waals surface area contributed by atoms with Gasteiger partial charge in [-0.05, 0) is 139 Å². The number of benzene rings is 12. The van der Waals surface area contributed by atoms with Gasteiger partial charge in [-0.3, -0.25) is 0 Å². The number of para-hydroxylation sites is 2. The smallest absolute Gasteiger partial charge is 0.145 e. The lowest BCUT2D eigenvalue weighted by molar-refractivity contribution is 0.673. The Morgan fingerprint density at radius 2 is 0.928 bits per heavy atom. The monoisotopic (exact) mass is 878 g/mol. The minimum atomic E-state index is 0.875. The number of fused-ring (bicyclic) bond motifs is 11. The van der Waals surface area contributed by atoms with Crippen LogP contribution >= 0.6 is 0 Å². The van der Waals surface area contributed by atoms with Crippen LogP contribution in [0.4, 0.5) is 17.1 Å². The molecule has 69 heavy (non-hydrogen) atoms. The molecule has 0 saturated carbocycles. The largest absolute Gasteiger partial charge is 0.455 e. The average Bonchev–Trinajstić information content (AvgIpc) is 3.98. The maximum atomic E-state index is 6.99. The minimum absolute atomic E-state index is 0.875. The highest BCUT2D eigenvalue weighted by molar-refractivity contribution is 6.22. The highest BCUT2D eigenvalue weighted by atomic mass is 16.3. The molecule has 12 aromatic carbocycles. The van der Waals surface area contributed by atoms with E-state index in [9.17, 15) is 0 Å². The summed E-state index contributed by atoms with van der Waals surface area (Å²) in [7, 11) is 0. The van der Waals surface area contributed by atoms with Gasteiger partial charge in [-0.2, -0.15) is 0 Å². The fraction of sp³-hybridized carbons (Fsp3) is 0. The van der Waals surface area contributed by atoms with Crippen LogP contribution in [-0.4, -0.2) is 4.57 Å². The molecule has 0 aliphatic heterocycles. The Kier molecular flexibility index (Phi) is 8.90. The number of furan rings is 1. The molecule has 0 unspecified atom stereocenters. The van der Waals surface area contributed by atoms with E-state index in [1.54, 1.807) is 0 Å². The van der Waals surface area contributed by atoms with E-state index in [2.05, 4.69) is 264 Å². The summed E-state index contributed by atoms with van der Waals surface area (Å²) < 4.78 is 9.36. The van der Waals surface area contributed by atoms with Gasteiger partial charge in [0.2, 0.25) is 0 Å². The van der Waals surface area contributed by atoms with Crippen LogP contribution in [0.1, 0.15) is 0 Å². The second-order valence-electron chi connectivity index (χ2n) is 18.0. The van der Waals surface area contributed by atoms with Gasteiger partial charge in [0, 0.05) is 44.0 Å². The predicted molar refractivity (Wildman–Crippen MR) is 292 cm³/mol. The van der Waals surface area contributed by atoms with Crippen molar-refractivity contribution in [2.45, 2.75) is 0 Å². The second kappa shape index (κ2) is 15.7. The molecule has 0 spiro atoms. The lowest BCUT2D eigenvalue weighted by Gasteiger charge is -2.27. The number of hydrogen-bond acceptors (Lipinski definition) is 2. The summed E-state index contributed by atoms with van der Waals surface area (Å²) in [6.07, 6.45) is 0. The Balaban J connectivity index is 0.943. The molecular weight excluding hydrogens is 837 g/mol. The Morgan fingerprint density at radius 1 is 0.319 bits per heavy atom. The fourth-order valence-corrected chi connectivity index (χ4v) is 11.0.